The van der Waals surface area contributed by atoms with Crippen LogP contribution in [0.3, 0.4) is 0 Å². The molecule has 28 heavy (non-hydrogen) atoms. The number of hydrogen-bond donors (Lipinski definition) is 0. The second kappa shape index (κ2) is 8.01. The number of rotatable bonds is 6. The highest BCUT2D eigenvalue weighted by Gasteiger charge is 2.95. The molecule has 0 aromatic rings. The number of carbonyl (C=O) groups excluding carboxylic acids is 2. The molecule has 3 aliphatic rings. The van der Waals surface area contributed by atoms with Gasteiger partial charge < -0.3 is 9.47 Å². The summed E-state index contributed by atoms with van der Waals surface area (Å²) in [5.74, 6) is -0.811. The fourth-order valence-electron chi connectivity index (χ4n) is 3.90. The Morgan fingerprint density at radius 1 is 0.714 bits per heavy atom. The van der Waals surface area contributed by atoms with Gasteiger partial charge in [0.2, 0.25) is 11.2 Å². The van der Waals surface area contributed by atoms with Crippen LogP contribution in [0.5, 0.6) is 0 Å². The molecule has 0 radical (unpaired) electrons. The van der Waals surface area contributed by atoms with Gasteiger partial charge in [-0.1, -0.05) is 122 Å². The minimum absolute atomic E-state index is 0.406. The van der Waals surface area contributed by atoms with Gasteiger partial charge in [0, 0.05) is 0 Å². The van der Waals surface area contributed by atoms with E-state index in [1.807, 2.05) is 0 Å². The second-order valence-corrected chi connectivity index (χ2v) is 15.6. The van der Waals surface area contributed by atoms with Crippen molar-refractivity contribution >= 4 is 108 Å². The first-order valence-electron chi connectivity index (χ1n) is 8.98. The van der Waals surface area contributed by atoms with Gasteiger partial charge in [0.05, 0.1) is 20.1 Å². The third kappa shape index (κ3) is 2.72. The van der Waals surface area contributed by atoms with Crippen LogP contribution in [0.1, 0.15) is 52.4 Å². The zero-order valence-corrected chi connectivity index (χ0v) is 24.7. The van der Waals surface area contributed by atoms with Crippen LogP contribution < -0.4 is 0 Å². The standard InChI is InChI=1S/C18H18Br6O4/c1-3-5-7-9-11(19)15(27-13(9)25)16(18(23,24)17(15,21)22)12(20)10(8-6-4-2)14(26)28-16/h3-8H2,1-2H3/t15-,16-/m1/s1. The first kappa shape index (κ1) is 24.0. The summed E-state index contributed by atoms with van der Waals surface area (Å²) >= 11 is 22.0. The molecule has 2 spiro atoms. The molecule has 4 nitrogen and oxygen atoms in total. The van der Waals surface area contributed by atoms with Gasteiger partial charge in [-0.25, -0.2) is 9.59 Å². The molecule has 2 heterocycles. The summed E-state index contributed by atoms with van der Waals surface area (Å²) in [4.78, 5) is 25.7. The minimum atomic E-state index is -1.31. The average Bonchev–Trinajstić information content (AvgIpc) is 3.04. The fraction of sp³-hybridized carbons (Fsp3) is 0.667. The molecule has 10 heteroatoms. The molecule has 0 amide bonds. The van der Waals surface area contributed by atoms with E-state index < -0.39 is 29.6 Å². The Balaban J connectivity index is 2.21. The SMILES string of the molecule is CCCCC1=C(Br)[C@]2(OC1=O)C(Br)(Br)C(Br)(Br)[C@]21OC(=O)C(CCCC)=C1Br. The van der Waals surface area contributed by atoms with Crippen molar-refractivity contribution in [2.75, 3.05) is 0 Å². The maximum absolute atomic E-state index is 12.8. The third-order valence-electron chi connectivity index (χ3n) is 5.47. The van der Waals surface area contributed by atoms with Gasteiger partial charge in [0.1, 0.15) is 0 Å². The molecule has 0 unspecified atom stereocenters. The van der Waals surface area contributed by atoms with E-state index in [0.29, 0.717) is 33.0 Å². The number of carbonyl (C=O) groups is 2. The van der Waals surface area contributed by atoms with Crippen LogP contribution in [0, 0.1) is 0 Å². The Labute approximate surface area is 214 Å². The number of halogens is 6. The van der Waals surface area contributed by atoms with Crippen LogP contribution in [0.2, 0.25) is 0 Å². The molecule has 0 N–H and O–H groups in total. The van der Waals surface area contributed by atoms with E-state index in [2.05, 4.69) is 109 Å². The Bertz CT molecular complexity index is 736. The number of fused-ring (bicyclic) bond motifs is 1. The number of ether oxygens (including phenoxy) is 2. The van der Waals surface area contributed by atoms with E-state index in [0.717, 1.165) is 25.7 Å². The highest BCUT2D eigenvalue weighted by atomic mass is 79.9. The lowest BCUT2D eigenvalue weighted by atomic mass is 9.64. The van der Waals surface area contributed by atoms with E-state index in [1.54, 1.807) is 0 Å². The average molecular weight is 778 g/mol. The van der Waals surface area contributed by atoms with Crippen LogP contribution in [0.15, 0.2) is 20.1 Å². The molecule has 156 valence electrons. The van der Waals surface area contributed by atoms with Gasteiger partial charge in [-0.15, -0.1) is 0 Å². The van der Waals surface area contributed by atoms with Gasteiger partial charge in [0.15, 0.2) is 6.47 Å². The van der Waals surface area contributed by atoms with Crippen molar-refractivity contribution in [1.29, 1.82) is 0 Å². The quantitative estimate of drug-likeness (QED) is 0.211. The minimum Gasteiger partial charge on any atom is -0.443 e. The highest BCUT2D eigenvalue weighted by Crippen LogP contribution is 2.82. The van der Waals surface area contributed by atoms with Crippen molar-refractivity contribution in [1.82, 2.24) is 0 Å². The highest BCUT2D eigenvalue weighted by molar-refractivity contribution is 9.30. The number of esters is 2. The molecule has 1 aliphatic carbocycles. The van der Waals surface area contributed by atoms with Crippen molar-refractivity contribution in [3.63, 3.8) is 0 Å². The smallest absolute Gasteiger partial charge is 0.336 e. The van der Waals surface area contributed by atoms with Gasteiger partial charge in [0.25, 0.3) is 0 Å². The van der Waals surface area contributed by atoms with Crippen LogP contribution in [0.25, 0.3) is 0 Å². The lowest BCUT2D eigenvalue weighted by molar-refractivity contribution is -0.207. The largest absolute Gasteiger partial charge is 0.443 e. The summed E-state index contributed by atoms with van der Waals surface area (Å²) < 4.78 is 11.2. The maximum atomic E-state index is 12.8. The van der Waals surface area contributed by atoms with Crippen molar-refractivity contribution in [2.24, 2.45) is 0 Å². The molecule has 0 bridgehead atoms. The first-order valence-corrected chi connectivity index (χ1v) is 13.7. The molecule has 2 atom stereocenters. The molecule has 1 fully saturated rings. The first-order chi connectivity index (χ1) is 13.0. The van der Waals surface area contributed by atoms with Gasteiger partial charge in [-0.3, -0.25) is 0 Å². The molecule has 1 saturated carbocycles. The van der Waals surface area contributed by atoms with Crippen LogP contribution in [-0.4, -0.2) is 29.6 Å². The fourth-order valence-corrected chi connectivity index (χ4v) is 10.4. The molecular weight excluding hydrogens is 760 g/mol. The molecule has 0 aromatic carbocycles. The summed E-state index contributed by atoms with van der Waals surface area (Å²) in [6.07, 6.45) is 4.77. The van der Waals surface area contributed by atoms with Crippen molar-refractivity contribution in [2.45, 2.75) is 70.0 Å². The van der Waals surface area contributed by atoms with Crippen LogP contribution in [-0.2, 0) is 19.1 Å². The third-order valence-corrected chi connectivity index (χ3v) is 14.3. The summed E-state index contributed by atoms with van der Waals surface area (Å²) in [6, 6.07) is 0. The lowest BCUT2D eigenvalue weighted by Gasteiger charge is -2.68. The zero-order valence-electron chi connectivity index (χ0n) is 15.1. The van der Waals surface area contributed by atoms with Gasteiger partial charge >= 0.3 is 11.9 Å². The predicted octanol–water partition coefficient (Wildman–Crippen LogP) is 7.24. The Morgan fingerprint density at radius 3 is 1.32 bits per heavy atom. The van der Waals surface area contributed by atoms with Crippen molar-refractivity contribution in [3.05, 3.63) is 20.1 Å². The van der Waals surface area contributed by atoms with Crippen LogP contribution >= 0.6 is 95.6 Å². The number of unbranched alkanes of at least 4 members (excludes halogenated alkanes) is 2. The monoisotopic (exact) mass is 772 g/mol. The molecule has 0 saturated heterocycles. The number of hydrogen-bond acceptors (Lipinski definition) is 4. The maximum Gasteiger partial charge on any atom is 0.336 e. The van der Waals surface area contributed by atoms with E-state index in [1.165, 1.54) is 0 Å². The van der Waals surface area contributed by atoms with E-state index in [9.17, 15) is 9.59 Å². The predicted molar refractivity (Wildman–Crippen MR) is 130 cm³/mol. The summed E-state index contributed by atoms with van der Waals surface area (Å²) in [5.41, 5.74) is -1.48. The van der Waals surface area contributed by atoms with Gasteiger partial charge in [-0.2, -0.15) is 0 Å². The topological polar surface area (TPSA) is 52.6 Å². The van der Waals surface area contributed by atoms with E-state index in [-0.39, 0.29) is 0 Å². The Hall–Kier alpha value is 1.30. The summed E-state index contributed by atoms with van der Waals surface area (Å²) in [7, 11) is 0. The molecule has 3 rings (SSSR count). The molecular formula is C18H18Br6O4. The van der Waals surface area contributed by atoms with E-state index in [4.69, 9.17) is 9.47 Å². The Morgan fingerprint density at radius 2 is 1.04 bits per heavy atom. The van der Waals surface area contributed by atoms with Crippen LogP contribution in [0.4, 0.5) is 0 Å². The van der Waals surface area contributed by atoms with Crippen molar-refractivity contribution < 1.29 is 19.1 Å². The number of alkyl halides is 4. The zero-order chi connectivity index (χ0) is 21.1. The van der Waals surface area contributed by atoms with Crippen molar-refractivity contribution in [3.8, 4) is 0 Å². The Kier molecular flexibility index (Phi) is 6.86. The molecule has 0 aromatic heterocycles. The van der Waals surface area contributed by atoms with Gasteiger partial charge in [-0.05, 0) is 25.7 Å². The summed E-state index contributed by atoms with van der Waals surface area (Å²) in [5, 5.41) is 0. The lowest BCUT2D eigenvalue weighted by Crippen LogP contribution is -2.87. The second-order valence-electron chi connectivity index (χ2n) is 7.08. The molecule has 2 aliphatic heterocycles. The summed E-state index contributed by atoms with van der Waals surface area (Å²) in [6.45, 7) is 4.13. The van der Waals surface area contributed by atoms with E-state index >= 15 is 0 Å². The normalized spacial score (nSPS) is 33.0.